The highest BCUT2D eigenvalue weighted by Gasteiger charge is 2.10. The van der Waals surface area contributed by atoms with Gasteiger partial charge in [-0.15, -0.1) is 0 Å². The molecule has 0 bridgehead atoms. The van der Waals surface area contributed by atoms with Crippen molar-refractivity contribution in [2.75, 3.05) is 7.11 Å². The standard InChI is InChI=1S/C17H19Cl2NO2/c1-11(20)8-12-6-7-16(17(9-12)21-2)22-10-13-14(18)4-3-5-15(13)19/h3-7,9,11H,8,10,20H2,1-2H3. The van der Waals surface area contributed by atoms with E-state index in [4.69, 9.17) is 38.4 Å². The highest BCUT2D eigenvalue weighted by Crippen LogP contribution is 2.31. The summed E-state index contributed by atoms with van der Waals surface area (Å²) in [6, 6.07) is 11.3. The van der Waals surface area contributed by atoms with Crippen molar-refractivity contribution in [1.29, 1.82) is 0 Å². The Labute approximate surface area is 140 Å². The first-order valence-corrected chi connectivity index (χ1v) is 7.75. The van der Waals surface area contributed by atoms with E-state index >= 15 is 0 Å². The Hall–Kier alpha value is -1.42. The normalized spacial score (nSPS) is 12.0. The van der Waals surface area contributed by atoms with E-state index in [0.717, 1.165) is 17.5 Å². The summed E-state index contributed by atoms with van der Waals surface area (Å²) >= 11 is 12.3. The van der Waals surface area contributed by atoms with E-state index in [1.807, 2.05) is 25.1 Å². The Morgan fingerprint density at radius 1 is 1.09 bits per heavy atom. The van der Waals surface area contributed by atoms with Crippen molar-refractivity contribution in [3.05, 3.63) is 57.6 Å². The smallest absolute Gasteiger partial charge is 0.161 e. The summed E-state index contributed by atoms with van der Waals surface area (Å²) in [7, 11) is 1.61. The lowest BCUT2D eigenvalue weighted by Crippen LogP contribution is -2.17. The minimum Gasteiger partial charge on any atom is -0.493 e. The quantitative estimate of drug-likeness (QED) is 0.844. The monoisotopic (exact) mass is 339 g/mol. The average Bonchev–Trinajstić information content (AvgIpc) is 2.47. The van der Waals surface area contributed by atoms with Gasteiger partial charge in [-0.1, -0.05) is 35.3 Å². The second kappa shape index (κ2) is 7.73. The molecule has 1 atom stereocenters. The summed E-state index contributed by atoms with van der Waals surface area (Å²) in [5.74, 6) is 1.31. The molecule has 0 aliphatic carbocycles. The number of rotatable bonds is 6. The molecule has 22 heavy (non-hydrogen) atoms. The van der Waals surface area contributed by atoms with Gasteiger partial charge in [-0.3, -0.25) is 0 Å². The number of hydrogen-bond acceptors (Lipinski definition) is 3. The Kier molecular flexibility index (Phi) is 5.95. The fourth-order valence-corrected chi connectivity index (χ4v) is 2.66. The third-order valence-electron chi connectivity index (χ3n) is 3.22. The first-order valence-electron chi connectivity index (χ1n) is 6.99. The third kappa shape index (κ3) is 4.29. The van der Waals surface area contributed by atoms with Gasteiger partial charge in [-0.25, -0.2) is 0 Å². The van der Waals surface area contributed by atoms with E-state index in [9.17, 15) is 0 Å². The minimum atomic E-state index is 0.0957. The summed E-state index contributed by atoms with van der Waals surface area (Å²) in [6.07, 6.45) is 0.785. The number of benzene rings is 2. The fraction of sp³-hybridized carbons (Fsp3) is 0.294. The van der Waals surface area contributed by atoms with Gasteiger partial charge >= 0.3 is 0 Å². The van der Waals surface area contributed by atoms with Crippen LogP contribution in [0.2, 0.25) is 10.0 Å². The SMILES string of the molecule is COc1cc(CC(C)N)ccc1OCc1c(Cl)cccc1Cl. The topological polar surface area (TPSA) is 44.5 Å². The first-order chi connectivity index (χ1) is 10.5. The van der Waals surface area contributed by atoms with Crippen LogP contribution in [-0.4, -0.2) is 13.2 Å². The molecule has 0 amide bonds. The maximum Gasteiger partial charge on any atom is 0.161 e. The summed E-state index contributed by atoms with van der Waals surface area (Å²) < 4.78 is 11.2. The van der Waals surface area contributed by atoms with Crippen molar-refractivity contribution in [3.63, 3.8) is 0 Å². The Morgan fingerprint density at radius 3 is 2.36 bits per heavy atom. The van der Waals surface area contributed by atoms with Crippen molar-refractivity contribution in [2.24, 2.45) is 5.73 Å². The molecule has 0 saturated heterocycles. The lowest BCUT2D eigenvalue weighted by molar-refractivity contribution is 0.284. The van der Waals surface area contributed by atoms with E-state index < -0.39 is 0 Å². The number of ether oxygens (including phenoxy) is 2. The number of hydrogen-bond donors (Lipinski definition) is 1. The Bertz CT molecular complexity index is 624. The summed E-state index contributed by atoms with van der Waals surface area (Å²) in [5.41, 5.74) is 7.68. The molecule has 2 N–H and O–H groups in total. The molecule has 1 unspecified atom stereocenters. The zero-order chi connectivity index (χ0) is 16.1. The fourth-order valence-electron chi connectivity index (χ4n) is 2.15. The molecule has 0 radical (unpaired) electrons. The molecule has 0 aliphatic heterocycles. The van der Waals surface area contributed by atoms with Gasteiger partial charge in [-0.2, -0.15) is 0 Å². The number of nitrogens with two attached hydrogens (primary N) is 1. The van der Waals surface area contributed by atoms with Crippen LogP contribution in [0.25, 0.3) is 0 Å². The van der Waals surface area contributed by atoms with Crippen LogP contribution in [0.1, 0.15) is 18.1 Å². The second-order valence-corrected chi connectivity index (χ2v) is 5.97. The van der Waals surface area contributed by atoms with Crippen LogP contribution in [0.5, 0.6) is 11.5 Å². The van der Waals surface area contributed by atoms with Crippen LogP contribution >= 0.6 is 23.2 Å². The van der Waals surface area contributed by atoms with E-state index in [2.05, 4.69) is 0 Å². The van der Waals surface area contributed by atoms with Crippen LogP contribution in [-0.2, 0) is 13.0 Å². The van der Waals surface area contributed by atoms with Crippen molar-refractivity contribution in [3.8, 4) is 11.5 Å². The van der Waals surface area contributed by atoms with Gasteiger partial charge in [0.25, 0.3) is 0 Å². The molecule has 0 fully saturated rings. The molecule has 2 rings (SSSR count). The van der Waals surface area contributed by atoms with Gasteiger partial charge in [0.15, 0.2) is 11.5 Å². The van der Waals surface area contributed by atoms with Crippen molar-refractivity contribution < 1.29 is 9.47 Å². The molecule has 118 valence electrons. The minimum absolute atomic E-state index is 0.0957. The third-order valence-corrected chi connectivity index (χ3v) is 3.93. The molecule has 2 aromatic rings. The number of methoxy groups -OCH3 is 1. The van der Waals surface area contributed by atoms with Crippen molar-refractivity contribution in [1.82, 2.24) is 0 Å². The Balaban J connectivity index is 2.16. The molecular formula is C17H19Cl2NO2. The molecule has 5 heteroatoms. The van der Waals surface area contributed by atoms with E-state index in [1.165, 1.54) is 0 Å². The van der Waals surface area contributed by atoms with E-state index in [1.54, 1.807) is 25.3 Å². The maximum absolute atomic E-state index is 6.14. The largest absolute Gasteiger partial charge is 0.493 e. The lowest BCUT2D eigenvalue weighted by atomic mass is 10.1. The van der Waals surface area contributed by atoms with E-state index in [0.29, 0.717) is 21.5 Å². The molecule has 3 nitrogen and oxygen atoms in total. The van der Waals surface area contributed by atoms with Gasteiger partial charge in [-0.05, 0) is 43.2 Å². The predicted octanol–water partition coefficient (Wildman–Crippen LogP) is 4.47. The average molecular weight is 340 g/mol. The van der Waals surface area contributed by atoms with Crippen LogP contribution in [0.3, 0.4) is 0 Å². The first kappa shape index (κ1) is 16.9. The van der Waals surface area contributed by atoms with Gasteiger partial charge in [0.1, 0.15) is 6.61 Å². The van der Waals surface area contributed by atoms with Crippen LogP contribution in [0, 0.1) is 0 Å². The van der Waals surface area contributed by atoms with Gasteiger partial charge in [0.05, 0.1) is 7.11 Å². The predicted molar refractivity (Wildman–Crippen MR) is 91.1 cm³/mol. The molecule has 2 aromatic carbocycles. The molecule has 0 aromatic heterocycles. The summed E-state index contributed by atoms with van der Waals surface area (Å²) in [4.78, 5) is 0. The van der Waals surface area contributed by atoms with E-state index in [-0.39, 0.29) is 12.6 Å². The summed E-state index contributed by atoms with van der Waals surface area (Å²) in [6.45, 7) is 2.25. The molecule has 0 heterocycles. The van der Waals surface area contributed by atoms with Crippen molar-refractivity contribution in [2.45, 2.75) is 26.0 Å². The highest BCUT2D eigenvalue weighted by atomic mass is 35.5. The van der Waals surface area contributed by atoms with Gasteiger partial charge in [0.2, 0.25) is 0 Å². The summed E-state index contributed by atoms with van der Waals surface area (Å²) in [5, 5.41) is 1.17. The highest BCUT2D eigenvalue weighted by molar-refractivity contribution is 6.35. The molecular weight excluding hydrogens is 321 g/mol. The van der Waals surface area contributed by atoms with Gasteiger partial charge < -0.3 is 15.2 Å². The van der Waals surface area contributed by atoms with Crippen LogP contribution in [0.15, 0.2) is 36.4 Å². The zero-order valence-corrected chi connectivity index (χ0v) is 14.1. The van der Waals surface area contributed by atoms with Crippen LogP contribution in [0.4, 0.5) is 0 Å². The second-order valence-electron chi connectivity index (χ2n) is 5.16. The maximum atomic E-state index is 6.14. The van der Waals surface area contributed by atoms with Crippen LogP contribution < -0.4 is 15.2 Å². The zero-order valence-electron chi connectivity index (χ0n) is 12.6. The van der Waals surface area contributed by atoms with Crippen molar-refractivity contribution >= 4 is 23.2 Å². The molecule has 0 spiro atoms. The van der Waals surface area contributed by atoms with Gasteiger partial charge in [0, 0.05) is 21.7 Å². The molecule has 0 saturated carbocycles. The number of halogens is 2. The molecule has 0 aliphatic rings. The lowest BCUT2D eigenvalue weighted by Gasteiger charge is -2.14. The Morgan fingerprint density at radius 2 is 1.77 bits per heavy atom.